The van der Waals surface area contributed by atoms with Crippen LogP contribution in [0.15, 0.2) is 72.8 Å². The zero-order valence-corrected chi connectivity index (χ0v) is 22.5. The van der Waals surface area contributed by atoms with Crippen molar-refractivity contribution < 1.29 is 14.0 Å². The Labute approximate surface area is 226 Å². The second-order valence-electron chi connectivity index (χ2n) is 8.75. The Kier molecular flexibility index (Phi) is 10.7. The summed E-state index contributed by atoms with van der Waals surface area (Å²) in [5.74, 6) is -0.0130. The van der Waals surface area contributed by atoms with Gasteiger partial charge in [0.15, 0.2) is 0 Å². The van der Waals surface area contributed by atoms with Gasteiger partial charge in [0.25, 0.3) is 0 Å². The van der Waals surface area contributed by atoms with E-state index in [1.165, 1.54) is 23.9 Å². The molecule has 1 N–H and O–H groups in total. The number of carbonyl (C=O) groups excluding carboxylic acids is 2. The third-order valence-electron chi connectivity index (χ3n) is 5.47. The van der Waals surface area contributed by atoms with Gasteiger partial charge in [-0.3, -0.25) is 9.59 Å². The fourth-order valence-corrected chi connectivity index (χ4v) is 5.03. The number of benzene rings is 3. The third kappa shape index (κ3) is 8.54. The van der Waals surface area contributed by atoms with Gasteiger partial charge in [-0.05, 0) is 54.8 Å². The number of hydrogen-bond acceptors (Lipinski definition) is 3. The Hall–Kier alpha value is -2.54. The third-order valence-corrected chi connectivity index (χ3v) is 7.04. The predicted molar refractivity (Wildman–Crippen MR) is 147 cm³/mol. The van der Waals surface area contributed by atoms with Gasteiger partial charge in [0, 0.05) is 34.8 Å². The fraction of sp³-hybridized carbons (Fsp3) is 0.286. The number of hydrogen-bond donors (Lipinski definition) is 1. The summed E-state index contributed by atoms with van der Waals surface area (Å²) in [6, 6.07) is 20.1. The van der Waals surface area contributed by atoms with Gasteiger partial charge in [-0.1, -0.05) is 71.7 Å². The lowest BCUT2D eigenvalue weighted by atomic mass is 10.0. The molecule has 3 aromatic carbocycles. The van der Waals surface area contributed by atoms with E-state index in [9.17, 15) is 14.0 Å². The molecular formula is C28H29Cl2FN2O2S. The van der Waals surface area contributed by atoms with Crippen molar-refractivity contribution in [2.75, 3.05) is 5.75 Å². The molecule has 3 aromatic rings. The summed E-state index contributed by atoms with van der Waals surface area (Å²) in [6.45, 7) is 3.94. The van der Waals surface area contributed by atoms with Crippen LogP contribution in [0.1, 0.15) is 30.5 Å². The number of thioether (sulfide) groups is 1. The Morgan fingerprint density at radius 2 is 1.67 bits per heavy atom. The summed E-state index contributed by atoms with van der Waals surface area (Å²) in [7, 11) is 0. The summed E-state index contributed by atoms with van der Waals surface area (Å²) in [5, 5.41) is 3.89. The first-order valence-corrected chi connectivity index (χ1v) is 13.5. The Morgan fingerprint density at radius 1 is 0.972 bits per heavy atom. The molecule has 0 saturated heterocycles. The van der Waals surface area contributed by atoms with Crippen molar-refractivity contribution in [1.82, 2.24) is 10.2 Å². The van der Waals surface area contributed by atoms with E-state index in [-0.39, 0.29) is 36.0 Å². The van der Waals surface area contributed by atoms with Crippen LogP contribution < -0.4 is 5.32 Å². The molecule has 0 aliphatic carbocycles. The SMILES string of the molecule is CC(C)NC(=O)[C@H](Cc1ccccc1)N(Cc1ccc(Cl)cc1Cl)C(=O)CSCc1ccc(F)cc1. The fourth-order valence-electron chi connectivity index (χ4n) is 3.69. The highest BCUT2D eigenvalue weighted by molar-refractivity contribution is 7.99. The van der Waals surface area contributed by atoms with Crippen molar-refractivity contribution in [3.63, 3.8) is 0 Å². The van der Waals surface area contributed by atoms with Crippen LogP contribution in [0.25, 0.3) is 0 Å². The molecule has 0 bridgehead atoms. The highest BCUT2D eigenvalue weighted by atomic mass is 35.5. The van der Waals surface area contributed by atoms with Gasteiger partial charge < -0.3 is 10.2 Å². The first-order chi connectivity index (χ1) is 17.2. The van der Waals surface area contributed by atoms with Crippen LogP contribution in [-0.4, -0.2) is 34.6 Å². The second kappa shape index (κ2) is 13.7. The lowest BCUT2D eigenvalue weighted by Crippen LogP contribution is -2.52. The van der Waals surface area contributed by atoms with Crippen LogP contribution in [0.2, 0.25) is 10.0 Å². The van der Waals surface area contributed by atoms with Gasteiger partial charge in [0.05, 0.1) is 5.75 Å². The van der Waals surface area contributed by atoms with Gasteiger partial charge in [-0.2, -0.15) is 0 Å². The molecule has 0 aliphatic rings. The average Bonchev–Trinajstić information content (AvgIpc) is 2.84. The summed E-state index contributed by atoms with van der Waals surface area (Å²) in [6.07, 6.45) is 0.360. The van der Waals surface area contributed by atoms with E-state index in [2.05, 4.69) is 5.32 Å². The molecule has 2 amide bonds. The molecule has 0 unspecified atom stereocenters. The van der Waals surface area contributed by atoms with E-state index in [4.69, 9.17) is 23.2 Å². The van der Waals surface area contributed by atoms with E-state index in [1.54, 1.807) is 35.2 Å². The maximum Gasteiger partial charge on any atom is 0.243 e. The molecule has 36 heavy (non-hydrogen) atoms. The van der Waals surface area contributed by atoms with Crippen LogP contribution in [-0.2, 0) is 28.3 Å². The lowest BCUT2D eigenvalue weighted by molar-refractivity contribution is -0.139. The van der Waals surface area contributed by atoms with E-state index >= 15 is 0 Å². The van der Waals surface area contributed by atoms with Crippen molar-refractivity contribution >= 4 is 46.8 Å². The summed E-state index contributed by atoms with van der Waals surface area (Å²) in [4.78, 5) is 28.5. The quantitative estimate of drug-likeness (QED) is 0.297. The average molecular weight is 548 g/mol. The molecule has 0 aromatic heterocycles. The zero-order valence-electron chi connectivity index (χ0n) is 20.2. The number of carbonyl (C=O) groups is 2. The Balaban J connectivity index is 1.87. The smallest absolute Gasteiger partial charge is 0.243 e. The van der Waals surface area contributed by atoms with E-state index in [1.807, 2.05) is 44.2 Å². The monoisotopic (exact) mass is 546 g/mol. The molecule has 0 heterocycles. The van der Waals surface area contributed by atoms with E-state index < -0.39 is 6.04 Å². The van der Waals surface area contributed by atoms with Crippen molar-refractivity contribution in [3.8, 4) is 0 Å². The maximum absolute atomic E-state index is 13.6. The van der Waals surface area contributed by atoms with Gasteiger partial charge >= 0.3 is 0 Å². The highest BCUT2D eigenvalue weighted by Gasteiger charge is 2.31. The minimum absolute atomic E-state index is 0.0836. The molecule has 0 aliphatic heterocycles. The number of amides is 2. The van der Waals surface area contributed by atoms with Crippen molar-refractivity contribution in [2.45, 2.75) is 44.6 Å². The van der Waals surface area contributed by atoms with Gasteiger partial charge in [-0.15, -0.1) is 11.8 Å². The molecule has 190 valence electrons. The van der Waals surface area contributed by atoms with Crippen LogP contribution in [0.4, 0.5) is 4.39 Å². The molecule has 0 radical (unpaired) electrons. The second-order valence-corrected chi connectivity index (χ2v) is 10.6. The lowest BCUT2D eigenvalue weighted by Gasteiger charge is -2.32. The zero-order chi connectivity index (χ0) is 26.1. The van der Waals surface area contributed by atoms with E-state index in [0.29, 0.717) is 27.8 Å². The first kappa shape index (κ1) is 28.0. The Morgan fingerprint density at radius 3 is 2.31 bits per heavy atom. The summed E-state index contributed by atoms with van der Waals surface area (Å²) in [5.41, 5.74) is 2.56. The maximum atomic E-state index is 13.6. The van der Waals surface area contributed by atoms with Crippen LogP contribution in [0, 0.1) is 5.82 Å². The van der Waals surface area contributed by atoms with Crippen LogP contribution in [0.5, 0.6) is 0 Å². The van der Waals surface area contributed by atoms with Crippen molar-refractivity contribution in [2.24, 2.45) is 0 Å². The highest BCUT2D eigenvalue weighted by Crippen LogP contribution is 2.25. The number of nitrogens with one attached hydrogen (secondary N) is 1. The number of nitrogens with zero attached hydrogens (tertiary/aromatic N) is 1. The molecule has 8 heteroatoms. The van der Waals surface area contributed by atoms with Gasteiger partial charge in [0.2, 0.25) is 11.8 Å². The van der Waals surface area contributed by atoms with Crippen molar-refractivity contribution in [1.29, 1.82) is 0 Å². The molecule has 1 atom stereocenters. The standard InChI is InChI=1S/C28H29Cl2FN2O2S/c1-19(2)32-28(35)26(14-20-6-4-3-5-7-20)33(16-22-10-11-23(29)15-25(22)30)27(34)18-36-17-21-8-12-24(31)13-9-21/h3-13,15,19,26H,14,16-18H2,1-2H3,(H,32,35)/t26-/m0/s1. The van der Waals surface area contributed by atoms with Crippen LogP contribution >= 0.6 is 35.0 Å². The Bertz CT molecular complexity index is 1160. The topological polar surface area (TPSA) is 49.4 Å². The largest absolute Gasteiger partial charge is 0.352 e. The minimum atomic E-state index is -0.736. The summed E-state index contributed by atoms with van der Waals surface area (Å²) < 4.78 is 13.2. The minimum Gasteiger partial charge on any atom is -0.352 e. The first-order valence-electron chi connectivity index (χ1n) is 11.6. The normalized spacial score (nSPS) is 11.8. The number of rotatable bonds is 11. The summed E-state index contributed by atoms with van der Waals surface area (Å²) >= 11 is 13.9. The molecule has 3 rings (SSSR count). The van der Waals surface area contributed by atoms with Crippen LogP contribution in [0.3, 0.4) is 0 Å². The number of halogens is 3. The molecule has 0 fully saturated rings. The molecule has 4 nitrogen and oxygen atoms in total. The molecule has 0 spiro atoms. The van der Waals surface area contributed by atoms with Gasteiger partial charge in [0.1, 0.15) is 11.9 Å². The molecule has 0 saturated carbocycles. The predicted octanol–water partition coefficient (Wildman–Crippen LogP) is 6.53. The van der Waals surface area contributed by atoms with Crippen molar-refractivity contribution in [3.05, 3.63) is 105 Å². The van der Waals surface area contributed by atoms with E-state index in [0.717, 1.165) is 11.1 Å². The van der Waals surface area contributed by atoms with Gasteiger partial charge in [-0.25, -0.2) is 4.39 Å². The molecular weight excluding hydrogens is 518 g/mol.